The number of hydrogen-bond donors (Lipinski definition) is 0. The average Bonchev–Trinajstić information content (AvgIpc) is 2.63. The number of carbonyl (C=O) groups is 1. The fraction of sp³-hybridized carbons (Fsp3) is 0.636. The van der Waals surface area contributed by atoms with Gasteiger partial charge >= 0.3 is 0 Å². The van der Waals surface area contributed by atoms with E-state index in [0.29, 0.717) is 18.2 Å². The van der Waals surface area contributed by atoms with Gasteiger partial charge in [-0.15, -0.1) is 0 Å². The standard InChI is InChI=1S/C11H19N3O/c1-5-9(2)8-11(15)14(4)10-6-7-13(3)12-10/h6-7,9H,5,8H2,1-4H3. The monoisotopic (exact) mass is 209 g/mol. The van der Waals surface area contributed by atoms with Gasteiger partial charge in [0, 0.05) is 32.8 Å². The van der Waals surface area contributed by atoms with E-state index in [-0.39, 0.29) is 5.91 Å². The van der Waals surface area contributed by atoms with E-state index in [4.69, 9.17) is 0 Å². The summed E-state index contributed by atoms with van der Waals surface area (Å²) in [6.07, 6.45) is 3.45. The van der Waals surface area contributed by atoms with E-state index >= 15 is 0 Å². The quantitative estimate of drug-likeness (QED) is 0.758. The zero-order chi connectivity index (χ0) is 11.4. The van der Waals surface area contributed by atoms with Crippen molar-refractivity contribution in [2.75, 3.05) is 11.9 Å². The Hall–Kier alpha value is -1.32. The van der Waals surface area contributed by atoms with E-state index in [9.17, 15) is 4.79 Å². The molecule has 4 nitrogen and oxygen atoms in total. The van der Waals surface area contributed by atoms with Gasteiger partial charge in [0.05, 0.1) is 0 Å². The number of hydrogen-bond acceptors (Lipinski definition) is 2. The first-order valence-corrected chi connectivity index (χ1v) is 5.30. The first-order valence-electron chi connectivity index (χ1n) is 5.30. The Morgan fingerprint density at radius 3 is 2.80 bits per heavy atom. The second-order valence-corrected chi connectivity index (χ2v) is 4.02. The Balaban J connectivity index is 2.60. The number of nitrogens with zero attached hydrogens (tertiary/aromatic N) is 3. The highest BCUT2D eigenvalue weighted by atomic mass is 16.2. The summed E-state index contributed by atoms with van der Waals surface area (Å²) in [5.74, 6) is 1.28. The van der Waals surface area contributed by atoms with Gasteiger partial charge in [-0.2, -0.15) is 5.10 Å². The van der Waals surface area contributed by atoms with Gasteiger partial charge in [-0.3, -0.25) is 14.4 Å². The van der Waals surface area contributed by atoms with E-state index in [1.54, 1.807) is 16.6 Å². The van der Waals surface area contributed by atoms with Gasteiger partial charge in [-0.05, 0) is 5.92 Å². The number of amides is 1. The van der Waals surface area contributed by atoms with E-state index in [2.05, 4.69) is 18.9 Å². The largest absolute Gasteiger partial charge is 0.298 e. The lowest BCUT2D eigenvalue weighted by molar-refractivity contribution is -0.119. The van der Waals surface area contributed by atoms with Crippen LogP contribution in [0.3, 0.4) is 0 Å². The zero-order valence-corrected chi connectivity index (χ0v) is 9.90. The Morgan fingerprint density at radius 1 is 1.67 bits per heavy atom. The van der Waals surface area contributed by atoms with Crippen molar-refractivity contribution in [3.05, 3.63) is 12.3 Å². The van der Waals surface area contributed by atoms with Crippen LogP contribution in [0.4, 0.5) is 5.82 Å². The first kappa shape index (κ1) is 11.8. The topological polar surface area (TPSA) is 38.1 Å². The van der Waals surface area contributed by atoms with Crippen molar-refractivity contribution in [1.82, 2.24) is 9.78 Å². The maximum absolute atomic E-state index is 11.8. The van der Waals surface area contributed by atoms with Crippen molar-refractivity contribution >= 4 is 11.7 Å². The van der Waals surface area contributed by atoms with Crippen LogP contribution in [0.5, 0.6) is 0 Å². The van der Waals surface area contributed by atoms with Gasteiger partial charge in [0.1, 0.15) is 0 Å². The lowest BCUT2D eigenvalue weighted by Crippen LogP contribution is -2.28. The van der Waals surface area contributed by atoms with Gasteiger partial charge in [0.2, 0.25) is 5.91 Å². The third-order valence-electron chi connectivity index (χ3n) is 2.64. The van der Waals surface area contributed by atoms with Gasteiger partial charge in [-0.25, -0.2) is 0 Å². The third-order valence-corrected chi connectivity index (χ3v) is 2.64. The molecule has 1 heterocycles. The lowest BCUT2D eigenvalue weighted by Gasteiger charge is -2.16. The van der Waals surface area contributed by atoms with Crippen LogP contribution >= 0.6 is 0 Å². The van der Waals surface area contributed by atoms with E-state index < -0.39 is 0 Å². The van der Waals surface area contributed by atoms with Crippen molar-refractivity contribution in [2.24, 2.45) is 13.0 Å². The molecule has 1 aromatic rings. The molecule has 0 aromatic carbocycles. The van der Waals surface area contributed by atoms with Crippen molar-refractivity contribution < 1.29 is 4.79 Å². The molecule has 15 heavy (non-hydrogen) atoms. The molecule has 1 unspecified atom stereocenters. The molecule has 0 aliphatic carbocycles. The molecule has 0 saturated carbocycles. The fourth-order valence-electron chi connectivity index (χ4n) is 1.29. The summed E-state index contributed by atoms with van der Waals surface area (Å²) < 4.78 is 1.70. The third kappa shape index (κ3) is 3.08. The smallest absolute Gasteiger partial charge is 0.228 e. The number of rotatable bonds is 4. The van der Waals surface area contributed by atoms with Crippen LogP contribution in [0.15, 0.2) is 12.3 Å². The molecule has 1 rings (SSSR count). The van der Waals surface area contributed by atoms with Gasteiger partial charge in [0.25, 0.3) is 0 Å². The average molecular weight is 209 g/mol. The summed E-state index contributed by atoms with van der Waals surface area (Å²) >= 11 is 0. The molecule has 0 saturated heterocycles. The first-order chi connectivity index (χ1) is 7.04. The normalized spacial score (nSPS) is 12.5. The SMILES string of the molecule is CCC(C)CC(=O)N(C)c1ccn(C)n1. The molecule has 0 spiro atoms. The second kappa shape index (κ2) is 4.96. The highest BCUT2D eigenvalue weighted by Crippen LogP contribution is 2.13. The van der Waals surface area contributed by atoms with Crippen LogP contribution in [0.2, 0.25) is 0 Å². The molecule has 84 valence electrons. The summed E-state index contributed by atoms with van der Waals surface area (Å²) in [6.45, 7) is 4.18. The van der Waals surface area contributed by atoms with Crippen molar-refractivity contribution in [2.45, 2.75) is 26.7 Å². The van der Waals surface area contributed by atoms with Crippen LogP contribution in [-0.4, -0.2) is 22.7 Å². The van der Waals surface area contributed by atoms with Crippen molar-refractivity contribution in [3.63, 3.8) is 0 Å². The number of anilines is 1. The summed E-state index contributed by atoms with van der Waals surface area (Å²) in [7, 11) is 3.61. The minimum absolute atomic E-state index is 0.128. The highest BCUT2D eigenvalue weighted by Gasteiger charge is 2.15. The molecule has 4 heteroatoms. The molecule has 0 fully saturated rings. The van der Waals surface area contributed by atoms with Crippen molar-refractivity contribution in [1.29, 1.82) is 0 Å². The molecule has 0 N–H and O–H groups in total. The summed E-state index contributed by atoms with van der Waals surface area (Å²) in [5, 5.41) is 4.19. The Bertz CT molecular complexity index is 332. The van der Waals surface area contributed by atoms with Gasteiger partial charge in [-0.1, -0.05) is 20.3 Å². The Morgan fingerprint density at radius 2 is 2.33 bits per heavy atom. The predicted octanol–water partition coefficient (Wildman–Crippen LogP) is 1.82. The molecule has 1 atom stereocenters. The van der Waals surface area contributed by atoms with E-state index in [0.717, 1.165) is 6.42 Å². The molecular formula is C11H19N3O. The van der Waals surface area contributed by atoms with Crippen LogP contribution in [0.1, 0.15) is 26.7 Å². The number of carbonyl (C=O) groups excluding carboxylic acids is 1. The second-order valence-electron chi connectivity index (χ2n) is 4.02. The maximum atomic E-state index is 11.8. The number of aryl methyl sites for hydroxylation is 1. The van der Waals surface area contributed by atoms with Crippen LogP contribution in [-0.2, 0) is 11.8 Å². The minimum Gasteiger partial charge on any atom is -0.298 e. The molecule has 0 bridgehead atoms. The fourth-order valence-corrected chi connectivity index (χ4v) is 1.29. The summed E-state index contributed by atoms with van der Waals surface area (Å²) in [5.41, 5.74) is 0. The van der Waals surface area contributed by atoms with Crippen LogP contribution < -0.4 is 4.90 Å². The summed E-state index contributed by atoms with van der Waals surface area (Å²) in [4.78, 5) is 13.4. The van der Waals surface area contributed by atoms with Crippen LogP contribution in [0.25, 0.3) is 0 Å². The Kier molecular flexibility index (Phi) is 3.88. The molecule has 0 aliphatic rings. The molecule has 1 amide bonds. The van der Waals surface area contributed by atoms with Crippen LogP contribution in [0, 0.1) is 5.92 Å². The number of aromatic nitrogens is 2. The van der Waals surface area contributed by atoms with E-state index in [1.807, 2.05) is 19.3 Å². The molecule has 0 radical (unpaired) electrons. The molecule has 1 aromatic heterocycles. The highest BCUT2D eigenvalue weighted by molar-refractivity contribution is 5.91. The lowest BCUT2D eigenvalue weighted by atomic mass is 10.0. The maximum Gasteiger partial charge on any atom is 0.228 e. The van der Waals surface area contributed by atoms with Gasteiger partial charge in [0.15, 0.2) is 5.82 Å². The van der Waals surface area contributed by atoms with Gasteiger partial charge < -0.3 is 0 Å². The molecule has 0 aliphatic heterocycles. The van der Waals surface area contributed by atoms with E-state index in [1.165, 1.54) is 0 Å². The Labute approximate surface area is 90.9 Å². The minimum atomic E-state index is 0.128. The summed E-state index contributed by atoms with van der Waals surface area (Å²) in [6, 6.07) is 1.84. The zero-order valence-electron chi connectivity index (χ0n) is 9.90. The predicted molar refractivity (Wildman–Crippen MR) is 60.7 cm³/mol. The van der Waals surface area contributed by atoms with Crippen molar-refractivity contribution in [3.8, 4) is 0 Å². The molecular weight excluding hydrogens is 190 g/mol.